The maximum absolute atomic E-state index is 12.9. The van der Waals surface area contributed by atoms with Crippen molar-refractivity contribution in [2.45, 2.75) is 245 Å². The summed E-state index contributed by atoms with van der Waals surface area (Å²) in [5.41, 5.74) is 0. The molecule has 0 aliphatic rings. The summed E-state index contributed by atoms with van der Waals surface area (Å²) in [6.45, 7) is 6.19. The average Bonchev–Trinajstić information content (AvgIpc) is 3.46. The first-order valence-corrected chi connectivity index (χ1v) is 31.9. The van der Waals surface area contributed by atoms with E-state index in [4.69, 9.17) is 14.2 Å². The number of unbranched alkanes of at least 4 members (excludes halogenated alkanes) is 12. The molecule has 0 saturated heterocycles. The lowest BCUT2D eigenvalue weighted by atomic mass is 10.1. The van der Waals surface area contributed by atoms with Crippen LogP contribution in [0.1, 0.15) is 239 Å². The Hall–Kier alpha value is -5.75. The van der Waals surface area contributed by atoms with E-state index >= 15 is 0 Å². The fraction of sp³-hybridized carbons (Fsp3) is 0.533. The van der Waals surface area contributed by atoms with Crippen molar-refractivity contribution in [1.29, 1.82) is 0 Å². The van der Waals surface area contributed by atoms with Gasteiger partial charge in [-0.3, -0.25) is 14.4 Å². The lowest BCUT2D eigenvalue weighted by Crippen LogP contribution is -2.30. The molecule has 81 heavy (non-hydrogen) atoms. The van der Waals surface area contributed by atoms with Gasteiger partial charge in [-0.2, -0.15) is 0 Å². The van der Waals surface area contributed by atoms with Crippen LogP contribution in [0.25, 0.3) is 0 Å². The molecule has 0 aromatic heterocycles. The predicted octanol–water partition coefficient (Wildman–Crippen LogP) is 22.2. The number of allylic oxidation sites excluding steroid dienone is 32. The molecule has 0 aliphatic carbocycles. The molecular weight excluding hydrogens is 997 g/mol. The van der Waals surface area contributed by atoms with Gasteiger partial charge in [0.15, 0.2) is 6.10 Å². The smallest absolute Gasteiger partial charge is 0.306 e. The van der Waals surface area contributed by atoms with Gasteiger partial charge in [0.05, 0.1) is 0 Å². The van der Waals surface area contributed by atoms with Crippen LogP contribution in [-0.4, -0.2) is 37.2 Å². The Morgan fingerprint density at radius 2 is 0.469 bits per heavy atom. The number of hydrogen-bond acceptors (Lipinski definition) is 6. The number of carbonyl (C=O) groups excluding carboxylic acids is 3. The highest BCUT2D eigenvalue weighted by Crippen LogP contribution is 2.13. The molecule has 0 aromatic rings. The average molecular weight is 1110 g/mol. The van der Waals surface area contributed by atoms with Crippen LogP contribution in [-0.2, 0) is 28.6 Å². The van der Waals surface area contributed by atoms with E-state index in [1.807, 2.05) is 12.2 Å². The van der Waals surface area contributed by atoms with Gasteiger partial charge in [0.1, 0.15) is 13.2 Å². The zero-order valence-corrected chi connectivity index (χ0v) is 51.5. The third-order valence-electron chi connectivity index (χ3n) is 12.6. The molecule has 0 spiro atoms. The molecule has 1 atom stereocenters. The second-order valence-corrected chi connectivity index (χ2v) is 20.2. The van der Waals surface area contributed by atoms with Gasteiger partial charge in [-0.05, 0) is 148 Å². The highest BCUT2D eigenvalue weighted by Gasteiger charge is 2.19. The summed E-state index contributed by atoms with van der Waals surface area (Å²) in [7, 11) is 0. The van der Waals surface area contributed by atoms with Crippen molar-refractivity contribution in [2.24, 2.45) is 0 Å². The fourth-order valence-corrected chi connectivity index (χ4v) is 7.93. The molecule has 0 aliphatic heterocycles. The quantitative estimate of drug-likeness (QED) is 0.0261. The van der Waals surface area contributed by atoms with Gasteiger partial charge in [-0.15, -0.1) is 0 Å². The van der Waals surface area contributed by atoms with Crippen LogP contribution < -0.4 is 0 Å². The largest absolute Gasteiger partial charge is 0.462 e. The van der Waals surface area contributed by atoms with Gasteiger partial charge in [0, 0.05) is 19.3 Å². The Kier molecular flexibility index (Phi) is 62.0. The summed E-state index contributed by atoms with van der Waals surface area (Å²) in [4.78, 5) is 38.3. The minimum atomic E-state index is -0.835. The molecule has 1 unspecified atom stereocenters. The normalized spacial score (nSPS) is 13.5. The first kappa shape index (κ1) is 75.2. The zero-order valence-electron chi connectivity index (χ0n) is 51.5. The molecule has 0 radical (unpaired) electrons. The molecule has 0 amide bonds. The highest BCUT2D eigenvalue weighted by atomic mass is 16.6. The van der Waals surface area contributed by atoms with Gasteiger partial charge in [0.2, 0.25) is 0 Å². The fourth-order valence-electron chi connectivity index (χ4n) is 7.93. The first-order chi connectivity index (χ1) is 40.0. The number of hydrogen-bond donors (Lipinski definition) is 0. The van der Waals surface area contributed by atoms with Crippen molar-refractivity contribution in [2.75, 3.05) is 13.2 Å². The maximum atomic E-state index is 12.9. The molecule has 0 bridgehead atoms. The van der Waals surface area contributed by atoms with Gasteiger partial charge in [-0.1, -0.05) is 267 Å². The third-order valence-corrected chi connectivity index (χ3v) is 12.6. The highest BCUT2D eigenvalue weighted by molar-refractivity contribution is 5.71. The summed E-state index contributed by atoms with van der Waals surface area (Å²) in [5.74, 6) is -1.05. The second kappa shape index (κ2) is 66.8. The van der Waals surface area contributed by atoms with E-state index in [1.165, 1.54) is 25.7 Å². The van der Waals surface area contributed by atoms with Gasteiger partial charge in [0.25, 0.3) is 0 Å². The molecule has 0 fully saturated rings. The molecule has 0 aromatic carbocycles. The van der Waals surface area contributed by atoms with Crippen molar-refractivity contribution in [3.63, 3.8) is 0 Å². The Balaban J connectivity index is 4.49. The van der Waals surface area contributed by atoms with Crippen molar-refractivity contribution in [3.05, 3.63) is 194 Å². The van der Waals surface area contributed by atoms with Gasteiger partial charge < -0.3 is 14.2 Å². The van der Waals surface area contributed by atoms with Crippen LogP contribution in [0.3, 0.4) is 0 Å². The molecule has 0 rings (SSSR count). The van der Waals surface area contributed by atoms with E-state index < -0.39 is 6.10 Å². The molecule has 6 nitrogen and oxygen atoms in total. The van der Waals surface area contributed by atoms with Crippen LogP contribution in [0.15, 0.2) is 194 Å². The van der Waals surface area contributed by atoms with E-state index in [2.05, 4.69) is 203 Å². The SMILES string of the molecule is CC/C=C\C/C=C\C/C=C\C/C=C\C/C=C\C/C=C\CCCCCCCCC(=O)OCC(COC(=O)CC/C=C\C/C=C\C/C=C\C/C=C\CC)OC(=O)CCCCCCCC/C=C\C/C=C\C/C=C\C/C=C\C/C=C\C/C=C\CC. The van der Waals surface area contributed by atoms with Crippen molar-refractivity contribution in [1.82, 2.24) is 0 Å². The minimum absolute atomic E-state index is 0.125. The second-order valence-electron chi connectivity index (χ2n) is 20.2. The van der Waals surface area contributed by atoms with Crippen LogP contribution in [0, 0.1) is 0 Å². The number of rotatable bonds is 55. The lowest BCUT2D eigenvalue weighted by molar-refractivity contribution is -0.166. The zero-order chi connectivity index (χ0) is 58.5. The van der Waals surface area contributed by atoms with Crippen LogP contribution >= 0.6 is 0 Å². The van der Waals surface area contributed by atoms with E-state index in [0.717, 1.165) is 167 Å². The number of ether oxygens (including phenoxy) is 3. The summed E-state index contributed by atoms with van der Waals surface area (Å²) < 4.78 is 16.8. The van der Waals surface area contributed by atoms with Crippen molar-refractivity contribution < 1.29 is 28.6 Å². The van der Waals surface area contributed by atoms with Gasteiger partial charge in [-0.25, -0.2) is 0 Å². The van der Waals surface area contributed by atoms with E-state index in [1.54, 1.807) is 0 Å². The monoisotopic (exact) mass is 1110 g/mol. The summed E-state index contributed by atoms with van der Waals surface area (Å²) in [6, 6.07) is 0. The Bertz CT molecular complexity index is 1950. The Morgan fingerprint density at radius 3 is 0.765 bits per heavy atom. The van der Waals surface area contributed by atoms with Crippen molar-refractivity contribution >= 4 is 17.9 Å². The lowest BCUT2D eigenvalue weighted by Gasteiger charge is -2.18. The molecular formula is C75H114O6. The number of carbonyl (C=O) groups is 3. The van der Waals surface area contributed by atoms with Gasteiger partial charge >= 0.3 is 17.9 Å². The maximum Gasteiger partial charge on any atom is 0.306 e. The molecule has 450 valence electrons. The Labute approximate surface area is 497 Å². The predicted molar refractivity (Wildman–Crippen MR) is 352 cm³/mol. The van der Waals surface area contributed by atoms with Crippen LogP contribution in [0.2, 0.25) is 0 Å². The standard InChI is InChI=1S/C75H114O6/c1-4-7-10-13-16-19-22-25-27-29-31-33-35-37-39-41-43-45-47-50-53-56-59-62-65-68-74(77)80-71-72(70-79-73(76)67-64-61-58-55-52-49-24-21-18-15-12-9-6-3)81-75(78)69-66-63-60-57-54-51-48-46-44-42-40-38-36-34-32-30-28-26-23-20-17-14-11-8-5-2/h7-12,16-21,25-28,31-34,37-40,43-46,49,52,58,61,72H,4-6,13-15,22-24,29-30,35-36,41-42,47-48,50-51,53-57,59-60,62-71H2,1-3H3/b10-7-,11-8-,12-9-,19-16-,20-17-,21-18-,27-25-,28-26-,33-31-,34-32-,39-37-,40-38-,45-43-,46-44-,52-49-,61-58-. The van der Waals surface area contributed by atoms with Crippen LogP contribution in [0.4, 0.5) is 0 Å². The first-order valence-electron chi connectivity index (χ1n) is 31.9. The minimum Gasteiger partial charge on any atom is -0.462 e. The molecule has 0 heterocycles. The summed E-state index contributed by atoms with van der Waals surface area (Å²) >= 11 is 0. The third kappa shape index (κ3) is 64.9. The van der Waals surface area contributed by atoms with E-state index in [9.17, 15) is 14.4 Å². The van der Waals surface area contributed by atoms with E-state index in [-0.39, 0.29) is 44.0 Å². The topological polar surface area (TPSA) is 78.9 Å². The summed E-state index contributed by atoms with van der Waals surface area (Å²) in [6.07, 6.45) is 102. The molecule has 0 saturated carbocycles. The molecule has 6 heteroatoms. The van der Waals surface area contributed by atoms with Crippen LogP contribution in [0.5, 0.6) is 0 Å². The van der Waals surface area contributed by atoms with Crippen molar-refractivity contribution in [3.8, 4) is 0 Å². The number of esters is 3. The summed E-state index contributed by atoms with van der Waals surface area (Å²) in [5, 5.41) is 0. The van der Waals surface area contributed by atoms with E-state index in [0.29, 0.717) is 12.8 Å². The molecule has 0 N–H and O–H groups in total. The Morgan fingerprint density at radius 1 is 0.247 bits per heavy atom.